The van der Waals surface area contributed by atoms with Gasteiger partial charge < -0.3 is 56.4 Å². The second-order valence-corrected chi connectivity index (χ2v) is 22.4. The molecule has 6 aromatic rings. The lowest BCUT2D eigenvalue weighted by atomic mass is 10.0. The minimum atomic E-state index is -1.26. The number of ether oxygens (including phenoxy) is 4. The number of fused-ring (bicyclic) bond motifs is 2. The average Bonchev–Trinajstić information content (AvgIpc) is 4.59. The summed E-state index contributed by atoms with van der Waals surface area (Å²) in [4.78, 5) is 60.5. The van der Waals surface area contributed by atoms with E-state index < -0.39 is 22.7 Å². The lowest BCUT2D eigenvalue weighted by molar-refractivity contribution is -0.149. The Hall–Kier alpha value is -6.40. The maximum atomic E-state index is 13.4. The number of halogens is 2. The first kappa shape index (κ1) is 60.7. The van der Waals surface area contributed by atoms with Gasteiger partial charge in [0.1, 0.15) is 22.3 Å². The SMILES string of the molecule is CCc1nc2c(cnn2CC)c(NC2CCOCC2)c1CNC(=O)C1(C(=O)NCc2ccc(OC)c(Br)c2)CC1.CCc1nc2c(cnn2CC)c(NC2CCOCC2)c1CNC(=O)C1(C(=O)O)CC1.COc1ccc(CN)cc1Br. The van der Waals surface area contributed by atoms with E-state index in [4.69, 9.17) is 34.6 Å². The molecule has 23 heteroatoms. The molecule has 2 aliphatic heterocycles. The van der Waals surface area contributed by atoms with E-state index in [1.807, 2.05) is 78.9 Å². The van der Waals surface area contributed by atoms with Crippen LogP contribution in [-0.4, -0.2) is 111 Å². The van der Waals surface area contributed by atoms with Gasteiger partial charge in [0, 0.05) is 100 Å². The predicted octanol–water partition coefficient (Wildman–Crippen LogP) is 8.09. The van der Waals surface area contributed by atoms with E-state index in [9.17, 15) is 24.3 Å². The number of hydrogen-bond donors (Lipinski definition) is 7. The van der Waals surface area contributed by atoms with Gasteiger partial charge in [-0.15, -0.1) is 0 Å². The molecular formula is C58H76Br2N12O9. The Labute approximate surface area is 489 Å². The molecule has 2 saturated carbocycles. The van der Waals surface area contributed by atoms with Gasteiger partial charge in [0.25, 0.3) is 0 Å². The molecule has 0 bridgehead atoms. The first-order chi connectivity index (χ1) is 39.2. The van der Waals surface area contributed by atoms with Gasteiger partial charge in [0.2, 0.25) is 17.7 Å². The largest absolute Gasteiger partial charge is 0.496 e. The number of carboxylic acid groups (broad SMARTS) is 1. The summed E-state index contributed by atoms with van der Waals surface area (Å²) in [5.41, 5.74) is 12.4. The van der Waals surface area contributed by atoms with Crippen molar-refractivity contribution in [2.75, 3.05) is 51.3 Å². The highest BCUT2D eigenvalue weighted by molar-refractivity contribution is 9.11. The summed E-state index contributed by atoms with van der Waals surface area (Å²) in [5, 5.41) is 36.6. The molecule has 2 aliphatic carbocycles. The molecule has 4 aliphatic rings. The van der Waals surface area contributed by atoms with E-state index in [1.54, 1.807) is 14.2 Å². The number of pyridine rings is 2. The Morgan fingerprint density at radius 3 is 1.42 bits per heavy atom. The molecule has 6 heterocycles. The molecule has 436 valence electrons. The van der Waals surface area contributed by atoms with Crippen molar-refractivity contribution in [1.82, 2.24) is 45.5 Å². The molecule has 3 amide bonds. The van der Waals surface area contributed by atoms with Gasteiger partial charge >= 0.3 is 5.97 Å². The fraction of sp³-hybridized carbons (Fsp3) is 0.517. The van der Waals surface area contributed by atoms with E-state index in [0.29, 0.717) is 71.4 Å². The van der Waals surface area contributed by atoms with Crippen molar-refractivity contribution in [3.05, 3.63) is 91.4 Å². The highest BCUT2D eigenvalue weighted by Crippen LogP contribution is 2.47. The average molecular weight is 1250 g/mol. The number of carboxylic acids is 1. The highest BCUT2D eigenvalue weighted by Gasteiger charge is 2.57. The van der Waals surface area contributed by atoms with Crippen LogP contribution in [0.4, 0.5) is 11.4 Å². The van der Waals surface area contributed by atoms with Crippen molar-refractivity contribution < 1.29 is 43.2 Å². The van der Waals surface area contributed by atoms with Gasteiger partial charge in [0.05, 0.1) is 57.7 Å². The van der Waals surface area contributed by atoms with Crippen LogP contribution >= 0.6 is 31.9 Å². The molecule has 0 unspecified atom stereocenters. The number of benzene rings is 2. The van der Waals surface area contributed by atoms with Gasteiger partial charge in [-0.05, 0) is 145 Å². The van der Waals surface area contributed by atoms with E-state index in [2.05, 4.69) is 75.6 Å². The normalized spacial score (nSPS) is 16.3. The Kier molecular flexibility index (Phi) is 20.7. The van der Waals surface area contributed by atoms with Crippen molar-refractivity contribution in [2.45, 2.75) is 143 Å². The summed E-state index contributed by atoms with van der Waals surface area (Å²) < 4.78 is 26.9. The molecule has 0 radical (unpaired) electrons. The molecule has 0 spiro atoms. The maximum Gasteiger partial charge on any atom is 0.319 e. The zero-order valence-electron chi connectivity index (χ0n) is 47.1. The zero-order chi connectivity index (χ0) is 57.8. The number of methoxy groups -OCH3 is 2. The van der Waals surface area contributed by atoms with Crippen LogP contribution in [0.5, 0.6) is 11.5 Å². The quantitative estimate of drug-likeness (QED) is 0.0336. The third kappa shape index (κ3) is 13.9. The van der Waals surface area contributed by atoms with Gasteiger partial charge in [-0.3, -0.25) is 19.2 Å². The molecule has 0 atom stereocenters. The molecule has 10 rings (SSSR count). The second-order valence-electron chi connectivity index (χ2n) is 20.6. The van der Waals surface area contributed by atoms with E-state index in [1.165, 1.54) is 0 Å². The first-order valence-electron chi connectivity index (χ1n) is 28.0. The number of nitrogens with one attached hydrogen (secondary N) is 5. The smallest absolute Gasteiger partial charge is 0.319 e. The summed E-state index contributed by atoms with van der Waals surface area (Å²) in [5.74, 6) is -0.398. The van der Waals surface area contributed by atoms with Crippen LogP contribution in [0.3, 0.4) is 0 Å². The predicted molar refractivity (Wildman–Crippen MR) is 316 cm³/mol. The van der Waals surface area contributed by atoms with Crippen molar-refractivity contribution in [1.29, 1.82) is 0 Å². The molecule has 2 saturated heterocycles. The lowest BCUT2D eigenvalue weighted by Crippen LogP contribution is -2.42. The third-order valence-corrected chi connectivity index (χ3v) is 16.8. The summed E-state index contributed by atoms with van der Waals surface area (Å²) in [6, 6.07) is 12.0. The number of carbonyl (C=O) groups is 4. The fourth-order valence-electron chi connectivity index (χ4n) is 10.2. The topological polar surface area (TPSA) is 273 Å². The first-order valence-corrected chi connectivity index (χ1v) is 29.6. The Bertz CT molecular complexity index is 3200. The van der Waals surface area contributed by atoms with Crippen LogP contribution in [0.25, 0.3) is 22.1 Å². The molecule has 4 aromatic heterocycles. The Morgan fingerprint density at radius 2 is 1.05 bits per heavy atom. The number of aliphatic carboxylic acids is 1. The number of rotatable bonds is 21. The van der Waals surface area contributed by atoms with E-state index in [-0.39, 0.29) is 37.0 Å². The lowest BCUT2D eigenvalue weighted by Gasteiger charge is -2.27. The van der Waals surface area contributed by atoms with E-state index in [0.717, 1.165) is 133 Å². The summed E-state index contributed by atoms with van der Waals surface area (Å²) in [6.07, 6.45) is 10.6. The van der Waals surface area contributed by atoms with Crippen molar-refractivity contribution in [3.8, 4) is 11.5 Å². The zero-order valence-corrected chi connectivity index (χ0v) is 50.3. The second kappa shape index (κ2) is 27.6. The molecular weight excluding hydrogens is 1170 g/mol. The number of anilines is 2. The van der Waals surface area contributed by atoms with Crippen molar-refractivity contribution in [2.24, 2.45) is 16.6 Å². The number of amides is 3. The van der Waals surface area contributed by atoms with Crippen LogP contribution in [-0.2, 0) is 80.8 Å². The van der Waals surface area contributed by atoms with Crippen LogP contribution < -0.4 is 41.8 Å². The van der Waals surface area contributed by atoms with Crippen molar-refractivity contribution >= 4 is 89.0 Å². The number of nitrogens with zero attached hydrogens (tertiary/aromatic N) is 6. The summed E-state index contributed by atoms with van der Waals surface area (Å²) in [6.45, 7) is 13.9. The molecule has 2 aromatic carbocycles. The fourth-order valence-corrected chi connectivity index (χ4v) is 11.4. The van der Waals surface area contributed by atoms with Gasteiger partial charge in [0.15, 0.2) is 11.3 Å². The van der Waals surface area contributed by atoms with Gasteiger partial charge in [-0.1, -0.05) is 26.0 Å². The van der Waals surface area contributed by atoms with Crippen LogP contribution in [0, 0.1) is 10.8 Å². The third-order valence-electron chi connectivity index (χ3n) is 15.5. The van der Waals surface area contributed by atoms with Crippen LogP contribution in [0.2, 0.25) is 0 Å². The number of hydrogen-bond acceptors (Lipinski definition) is 15. The summed E-state index contributed by atoms with van der Waals surface area (Å²) in [7, 11) is 3.25. The minimum Gasteiger partial charge on any atom is -0.496 e. The number of aromatic nitrogens is 6. The highest BCUT2D eigenvalue weighted by atomic mass is 79.9. The summed E-state index contributed by atoms with van der Waals surface area (Å²) >= 11 is 6.85. The molecule has 21 nitrogen and oxygen atoms in total. The van der Waals surface area contributed by atoms with E-state index >= 15 is 0 Å². The minimum absolute atomic E-state index is 0.239. The van der Waals surface area contributed by atoms with Crippen molar-refractivity contribution in [3.63, 3.8) is 0 Å². The molecule has 8 N–H and O–H groups in total. The molecule has 81 heavy (non-hydrogen) atoms. The van der Waals surface area contributed by atoms with Gasteiger partial charge in [-0.25, -0.2) is 19.3 Å². The number of aryl methyl sites for hydroxylation is 4. The Morgan fingerprint density at radius 1 is 0.642 bits per heavy atom. The number of nitrogens with two attached hydrogens (primary N) is 1. The number of carbonyl (C=O) groups excluding carboxylic acids is 3. The Balaban J connectivity index is 0.000000184. The van der Waals surface area contributed by atoms with Crippen LogP contribution in [0.15, 0.2) is 57.7 Å². The van der Waals surface area contributed by atoms with Crippen LogP contribution in [0.1, 0.15) is 113 Å². The van der Waals surface area contributed by atoms with Gasteiger partial charge in [-0.2, -0.15) is 10.2 Å². The monoisotopic (exact) mass is 1240 g/mol. The maximum absolute atomic E-state index is 13.4. The standard InChI is InChI=1S/C29H37BrN6O4.C21H29N5O4.C8H10BrNO/c1-4-23-20(25(34-19-8-12-40-13-9-19)21-17-33-36(5-2)26(21)35-23)16-32-28(38)29(10-11-29)27(37)31-15-18-6-7-24(39-3)22(30)14-18;1-3-16-14(11-22-19(27)21(7-8-21)20(28)29)17(24-13-5-9-30-10-6-13)15-12-23-26(4-2)18(15)25-16;1-11-8-3-2-6(5-10)4-7(8)9/h6-7,14,17,19H,4-5,8-13,15-16H2,1-3H3,(H,31,37)(H,32,38)(H,34,35);12-13H,3-11H2,1-2H3,(H,22,27)(H,24,25)(H,28,29);2-4H,5,10H2,1H3. The molecule has 4 fully saturated rings.